The number of hydrogen-bond donors (Lipinski definition) is 3. The summed E-state index contributed by atoms with van der Waals surface area (Å²) in [5.74, 6) is -0.947. The van der Waals surface area contributed by atoms with E-state index in [1.807, 2.05) is 0 Å². The van der Waals surface area contributed by atoms with Gasteiger partial charge >= 0.3 is 6.09 Å². The Labute approximate surface area is 133 Å². The molecule has 2 unspecified atom stereocenters. The number of aliphatic hydroxyl groups is 2. The SMILES string of the molecule is CC(C)(C)OC(=O)NCCC(O)C(O)c1cnc(F)c(C=O)c1. The lowest BCUT2D eigenvalue weighted by molar-refractivity contribution is 0.0120. The van der Waals surface area contributed by atoms with Gasteiger partial charge in [0.1, 0.15) is 11.7 Å². The van der Waals surface area contributed by atoms with Crippen LogP contribution in [-0.2, 0) is 4.74 Å². The molecule has 3 N–H and O–H groups in total. The lowest BCUT2D eigenvalue weighted by atomic mass is 10.0. The first kappa shape index (κ1) is 19.0. The van der Waals surface area contributed by atoms with Crippen molar-refractivity contribution in [1.82, 2.24) is 10.3 Å². The minimum atomic E-state index is -1.36. The fourth-order valence-electron chi connectivity index (χ4n) is 1.74. The maximum atomic E-state index is 13.1. The normalized spacial score (nSPS) is 14.0. The van der Waals surface area contributed by atoms with Crippen molar-refractivity contribution >= 4 is 12.4 Å². The van der Waals surface area contributed by atoms with Gasteiger partial charge in [0.05, 0.1) is 11.7 Å². The van der Waals surface area contributed by atoms with Gasteiger partial charge in [-0.15, -0.1) is 0 Å². The van der Waals surface area contributed by atoms with Crippen LogP contribution in [-0.4, -0.2) is 45.8 Å². The minimum absolute atomic E-state index is 0.0359. The lowest BCUT2D eigenvalue weighted by Gasteiger charge is -2.21. The van der Waals surface area contributed by atoms with Crippen LogP contribution in [0.25, 0.3) is 0 Å². The van der Waals surface area contributed by atoms with Crippen LogP contribution < -0.4 is 5.32 Å². The molecule has 23 heavy (non-hydrogen) atoms. The van der Waals surface area contributed by atoms with Crippen LogP contribution in [0, 0.1) is 5.95 Å². The molecule has 1 aromatic rings. The minimum Gasteiger partial charge on any atom is -0.444 e. The van der Waals surface area contributed by atoms with E-state index in [9.17, 15) is 24.2 Å². The number of aromatic nitrogens is 1. The first-order chi connectivity index (χ1) is 10.6. The van der Waals surface area contributed by atoms with Crippen LogP contribution in [0.2, 0.25) is 0 Å². The topological polar surface area (TPSA) is 109 Å². The predicted molar refractivity (Wildman–Crippen MR) is 79.4 cm³/mol. The molecule has 0 spiro atoms. The Bertz CT molecular complexity index is 559. The van der Waals surface area contributed by atoms with Gasteiger partial charge in [-0.3, -0.25) is 4.79 Å². The Kier molecular flexibility index (Phi) is 6.59. The predicted octanol–water partition coefficient (Wildman–Crippen LogP) is 1.34. The van der Waals surface area contributed by atoms with Gasteiger partial charge in [-0.1, -0.05) is 0 Å². The van der Waals surface area contributed by atoms with Crippen LogP contribution in [0.15, 0.2) is 12.3 Å². The van der Waals surface area contributed by atoms with E-state index in [1.165, 1.54) is 0 Å². The Hall–Kier alpha value is -2.06. The summed E-state index contributed by atoms with van der Waals surface area (Å²) in [6.45, 7) is 5.23. The maximum absolute atomic E-state index is 13.1. The fraction of sp³-hybridized carbons (Fsp3) is 0.533. The molecule has 0 bridgehead atoms. The standard InChI is InChI=1S/C15H21FN2O5/c1-15(2,3)23-14(22)17-5-4-11(20)12(21)9-6-10(8-19)13(16)18-7-9/h6-8,11-12,20-21H,4-5H2,1-3H3,(H,17,22). The second-order valence-corrected chi connectivity index (χ2v) is 6.00. The Morgan fingerprint density at radius 1 is 1.48 bits per heavy atom. The molecule has 7 nitrogen and oxygen atoms in total. The summed E-state index contributed by atoms with van der Waals surface area (Å²) in [6.07, 6.45) is -1.87. The summed E-state index contributed by atoms with van der Waals surface area (Å²) in [5, 5.41) is 22.3. The number of ether oxygens (including phenoxy) is 1. The molecule has 0 fully saturated rings. The van der Waals surface area contributed by atoms with Crippen LogP contribution in [0.4, 0.5) is 9.18 Å². The zero-order valence-corrected chi connectivity index (χ0v) is 13.2. The third-order valence-electron chi connectivity index (χ3n) is 2.83. The average molecular weight is 328 g/mol. The Morgan fingerprint density at radius 2 is 2.13 bits per heavy atom. The first-order valence-electron chi connectivity index (χ1n) is 7.07. The highest BCUT2D eigenvalue weighted by Gasteiger charge is 2.21. The van der Waals surface area contributed by atoms with Gasteiger partial charge in [-0.25, -0.2) is 9.78 Å². The van der Waals surface area contributed by atoms with Crippen LogP contribution in [0.3, 0.4) is 0 Å². The van der Waals surface area contributed by atoms with Crippen molar-refractivity contribution in [2.75, 3.05) is 6.54 Å². The van der Waals surface area contributed by atoms with Gasteiger partial charge in [0.25, 0.3) is 0 Å². The number of carbonyl (C=O) groups is 2. The number of halogens is 1. The number of nitrogens with zero attached hydrogens (tertiary/aromatic N) is 1. The van der Waals surface area contributed by atoms with Crippen molar-refractivity contribution in [2.45, 2.75) is 45.0 Å². The molecule has 128 valence electrons. The highest BCUT2D eigenvalue weighted by Crippen LogP contribution is 2.19. The molecule has 2 atom stereocenters. The molecular weight excluding hydrogens is 307 g/mol. The molecule has 0 saturated carbocycles. The fourth-order valence-corrected chi connectivity index (χ4v) is 1.74. The van der Waals surface area contributed by atoms with Crippen LogP contribution in [0.1, 0.15) is 49.2 Å². The molecule has 1 aromatic heterocycles. The Morgan fingerprint density at radius 3 is 2.70 bits per heavy atom. The molecule has 0 aliphatic heterocycles. The van der Waals surface area contributed by atoms with Crippen molar-refractivity contribution in [2.24, 2.45) is 0 Å². The van der Waals surface area contributed by atoms with Gasteiger partial charge in [0.15, 0.2) is 6.29 Å². The van der Waals surface area contributed by atoms with Crippen molar-refractivity contribution in [1.29, 1.82) is 0 Å². The van der Waals surface area contributed by atoms with E-state index in [0.29, 0.717) is 0 Å². The number of hydrogen-bond acceptors (Lipinski definition) is 6. The van der Waals surface area contributed by atoms with Crippen LogP contribution >= 0.6 is 0 Å². The molecule has 0 saturated heterocycles. The molecule has 8 heteroatoms. The third-order valence-corrected chi connectivity index (χ3v) is 2.83. The van der Waals surface area contributed by atoms with E-state index in [4.69, 9.17) is 4.74 Å². The second-order valence-electron chi connectivity index (χ2n) is 6.00. The molecule has 0 aliphatic rings. The maximum Gasteiger partial charge on any atom is 0.407 e. The van der Waals surface area contributed by atoms with Crippen LogP contribution in [0.5, 0.6) is 0 Å². The van der Waals surface area contributed by atoms with Crippen molar-refractivity contribution in [3.8, 4) is 0 Å². The van der Waals surface area contributed by atoms with Crippen molar-refractivity contribution < 1.29 is 28.9 Å². The lowest BCUT2D eigenvalue weighted by Crippen LogP contribution is -2.34. The van der Waals surface area contributed by atoms with E-state index in [-0.39, 0.29) is 30.4 Å². The monoisotopic (exact) mass is 328 g/mol. The Balaban J connectivity index is 2.53. The van der Waals surface area contributed by atoms with Gasteiger partial charge in [0.2, 0.25) is 5.95 Å². The zero-order valence-electron chi connectivity index (χ0n) is 13.2. The quantitative estimate of drug-likeness (QED) is 0.537. The summed E-state index contributed by atoms with van der Waals surface area (Å²) in [5.41, 5.74) is -0.827. The summed E-state index contributed by atoms with van der Waals surface area (Å²) in [4.78, 5) is 25.4. The molecule has 1 heterocycles. The number of amides is 1. The van der Waals surface area contributed by atoms with E-state index in [0.717, 1.165) is 12.3 Å². The number of rotatable bonds is 6. The van der Waals surface area contributed by atoms with Gasteiger partial charge in [-0.05, 0) is 33.3 Å². The van der Waals surface area contributed by atoms with Crippen molar-refractivity contribution in [3.05, 3.63) is 29.3 Å². The first-order valence-corrected chi connectivity index (χ1v) is 7.07. The molecular formula is C15H21FN2O5. The molecule has 1 rings (SSSR count). The third kappa shape index (κ3) is 6.29. The van der Waals surface area contributed by atoms with E-state index in [1.54, 1.807) is 20.8 Å². The number of carbonyl (C=O) groups excluding carboxylic acids is 2. The summed E-state index contributed by atoms with van der Waals surface area (Å²) in [6, 6.07) is 1.12. The van der Waals surface area contributed by atoms with E-state index < -0.39 is 29.8 Å². The zero-order chi connectivity index (χ0) is 17.6. The summed E-state index contributed by atoms with van der Waals surface area (Å²) < 4.78 is 18.1. The molecule has 0 radical (unpaired) electrons. The van der Waals surface area contributed by atoms with E-state index >= 15 is 0 Å². The number of pyridine rings is 1. The largest absolute Gasteiger partial charge is 0.444 e. The number of aliphatic hydroxyl groups excluding tert-OH is 2. The molecule has 0 aliphatic carbocycles. The number of nitrogens with one attached hydrogen (secondary N) is 1. The van der Waals surface area contributed by atoms with Gasteiger partial charge in [-0.2, -0.15) is 4.39 Å². The highest BCUT2D eigenvalue weighted by atomic mass is 19.1. The summed E-state index contributed by atoms with van der Waals surface area (Å²) >= 11 is 0. The molecule has 1 amide bonds. The highest BCUT2D eigenvalue weighted by molar-refractivity contribution is 5.74. The molecule has 0 aromatic carbocycles. The van der Waals surface area contributed by atoms with Gasteiger partial charge < -0.3 is 20.3 Å². The smallest absolute Gasteiger partial charge is 0.407 e. The number of alkyl carbamates (subject to hydrolysis) is 1. The van der Waals surface area contributed by atoms with E-state index in [2.05, 4.69) is 10.3 Å². The number of aldehydes is 1. The summed E-state index contributed by atoms with van der Waals surface area (Å²) in [7, 11) is 0. The average Bonchev–Trinajstić information content (AvgIpc) is 2.45. The second kappa shape index (κ2) is 7.98. The van der Waals surface area contributed by atoms with Gasteiger partial charge in [0, 0.05) is 18.3 Å². The van der Waals surface area contributed by atoms with Crippen molar-refractivity contribution in [3.63, 3.8) is 0 Å².